The summed E-state index contributed by atoms with van der Waals surface area (Å²) >= 11 is 0. The normalized spacial score (nSPS) is 26.4. The average molecular weight is 239 g/mol. The van der Waals surface area contributed by atoms with E-state index in [1.165, 1.54) is 12.0 Å². The number of nitrogens with zero attached hydrogens (tertiary/aromatic N) is 1. The first kappa shape index (κ1) is 12.1. The molecule has 1 saturated carbocycles. The summed E-state index contributed by atoms with van der Waals surface area (Å²) < 4.78 is 4.67. The number of likely N-dealkylation sites (tertiary alicyclic amines) is 1. The summed E-state index contributed by atoms with van der Waals surface area (Å²) in [5.41, 5.74) is 0. The fourth-order valence-electron chi connectivity index (χ4n) is 2.76. The van der Waals surface area contributed by atoms with E-state index in [1.807, 2.05) is 0 Å². The number of carbonyl (C=O) groups excluding carboxylic acids is 3. The topological polar surface area (TPSA) is 63.7 Å². The molecule has 5 heteroatoms. The van der Waals surface area contributed by atoms with Gasteiger partial charge in [-0.2, -0.15) is 0 Å². The largest absolute Gasteiger partial charge is 0.467 e. The number of Topliss-reactive ketones (excluding diaryl/α,β-unsaturated/α-hetero) is 1. The van der Waals surface area contributed by atoms with Crippen LogP contribution in [0, 0.1) is 0 Å². The highest BCUT2D eigenvalue weighted by molar-refractivity contribution is 6.39. The van der Waals surface area contributed by atoms with E-state index in [0.717, 1.165) is 32.1 Å². The van der Waals surface area contributed by atoms with Gasteiger partial charge in [0.25, 0.3) is 5.91 Å². The van der Waals surface area contributed by atoms with E-state index in [0.29, 0.717) is 0 Å². The molecule has 1 unspecified atom stereocenters. The molecule has 5 nitrogen and oxygen atoms in total. The van der Waals surface area contributed by atoms with Gasteiger partial charge in [0.1, 0.15) is 6.04 Å². The van der Waals surface area contributed by atoms with E-state index in [4.69, 9.17) is 0 Å². The molecule has 0 aromatic carbocycles. The molecule has 2 aliphatic rings. The summed E-state index contributed by atoms with van der Waals surface area (Å²) in [5.74, 6) is -1.45. The number of carbonyl (C=O) groups is 3. The number of esters is 1. The maximum absolute atomic E-state index is 11.8. The third-order valence-corrected chi connectivity index (χ3v) is 3.63. The van der Waals surface area contributed by atoms with E-state index in [9.17, 15) is 14.4 Å². The summed E-state index contributed by atoms with van der Waals surface area (Å²) in [6.45, 7) is 0. The Balaban J connectivity index is 2.17. The molecule has 1 aliphatic heterocycles. The highest BCUT2D eigenvalue weighted by atomic mass is 16.5. The van der Waals surface area contributed by atoms with Crippen LogP contribution in [-0.2, 0) is 19.1 Å². The molecule has 17 heavy (non-hydrogen) atoms. The number of hydrogen-bond donors (Lipinski definition) is 0. The van der Waals surface area contributed by atoms with Crippen LogP contribution in [-0.4, -0.2) is 41.8 Å². The van der Waals surface area contributed by atoms with Crippen LogP contribution in [0.1, 0.15) is 38.5 Å². The zero-order valence-corrected chi connectivity index (χ0v) is 9.98. The van der Waals surface area contributed by atoms with Gasteiger partial charge in [0.2, 0.25) is 5.78 Å². The molecule has 2 rings (SSSR count). The second-order valence-electron chi connectivity index (χ2n) is 4.67. The standard InChI is InChI=1S/C12H17NO4/c1-17-12(16)9-7-10(14)11(15)13(9)8-5-3-2-4-6-8/h8-9H,2-7H2,1H3. The van der Waals surface area contributed by atoms with E-state index in [1.54, 1.807) is 0 Å². The summed E-state index contributed by atoms with van der Waals surface area (Å²) in [4.78, 5) is 36.3. The van der Waals surface area contributed by atoms with Crippen LogP contribution in [0.5, 0.6) is 0 Å². The Morgan fingerprint density at radius 3 is 2.47 bits per heavy atom. The van der Waals surface area contributed by atoms with Crippen molar-refractivity contribution in [3.63, 3.8) is 0 Å². The minimum absolute atomic E-state index is 0.0258. The van der Waals surface area contributed by atoms with Gasteiger partial charge in [0.05, 0.1) is 7.11 Å². The molecule has 0 spiro atoms. The lowest BCUT2D eigenvalue weighted by Crippen LogP contribution is -2.47. The van der Waals surface area contributed by atoms with Gasteiger partial charge in [-0.25, -0.2) is 4.79 Å². The van der Waals surface area contributed by atoms with Crippen LogP contribution in [0.25, 0.3) is 0 Å². The molecule has 1 saturated heterocycles. The van der Waals surface area contributed by atoms with Crippen LogP contribution >= 0.6 is 0 Å². The number of ether oxygens (including phenoxy) is 1. The lowest BCUT2D eigenvalue weighted by atomic mass is 9.93. The minimum atomic E-state index is -0.692. The smallest absolute Gasteiger partial charge is 0.329 e. The Bertz CT molecular complexity index is 346. The Morgan fingerprint density at radius 2 is 1.88 bits per heavy atom. The molecule has 94 valence electrons. The van der Waals surface area contributed by atoms with Crippen molar-refractivity contribution in [2.45, 2.75) is 50.6 Å². The number of ketones is 1. The lowest BCUT2D eigenvalue weighted by Gasteiger charge is -2.33. The van der Waals surface area contributed by atoms with Crippen molar-refractivity contribution in [3.05, 3.63) is 0 Å². The first-order chi connectivity index (χ1) is 8.15. The molecule has 2 fully saturated rings. The number of rotatable bonds is 2. The van der Waals surface area contributed by atoms with E-state index in [2.05, 4.69) is 4.74 Å². The Morgan fingerprint density at radius 1 is 1.24 bits per heavy atom. The predicted molar refractivity (Wildman–Crippen MR) is 59.1 cm³/mol. The molecule has 1 heterocycles. The third kappa shape index (κ3) is 2.18. The zero-order chi connectivity index (χ0) is 12.4. The van der Waals surface area contributed by atoms with Gasteiger partial charge >= 0.3 is 5.97 Å². The lowest BCUT2D eigenvalue weighted by molar-refractivity contribution is -0.151. The fourth-order valence-corrected chi connectivity index (χ4v) is 2.76. The molecule has 0 N–H and O–H groups in total. The van der Waals surface area contributed by atoms with Crippen LogP contribution < -0.4 is 0 Å². The molecule has 0 radical (unpaired) electrons. The molecule has 0 bridgehead atoms. The second kappa shape index (κ2) is 4.85. The van der Waals surface area contributed by atoms with Crippen molar-refractivity contribution >= 4 is 17.7 Å². The Kier molecular flexibility index (Phi) is 3.45. The van der Waals surface area contributed by atoms with Gasteiger partial charge in [0, 0.05) is 12.5 Å². The number of amides is 1. The van der Waals surface area contributed by atoms with Crippen LogP contribution in [0.2, 0.25) is 0 Å². The average Bonchev–Trinajstić information content (AvgIpc) is 2.66. The van der Waals surface area contributed by atoms with E-state index in [-0.39, 0.29) is 12.5 Å². The van der Waals surface area contributed by atoms with Crippen LogP contribution in [0.3, 0.4) is 0 Å². The maximum atomic E-state index is 11.8. The first-order valence-corrected chi connectivity index (χ1v) is 6.08. The highest BCUT2D eigenvalue weighted by Gasteiger charge is 2.46. The fraction of sp³-hybridized carbons (Fsp3) is 0.750. The molecular weight excluding hydrogens is 222 g/mol. The highest BCUT2D eigenvalue weighted by Crippen LogP contribution is 2.29. The van der Waals surface area contributed by atoms with Crippen molar-refractivity contribution in [2.75, 3.05) is 7.11 Å². The monoisotopic (exact) mass is 239 g/mol. The summed E-state index contributed by atoms with van der Waals surface area (Å²) in [5, 5.41) is 0. The summed E-state index contributed by atoms with van der Waals surface area (Å²) in [7, 11) is 1.29. The van der Waals surface area contributed by atoms with Crippen LogP contribution in [0.15, 0.2) is 0 Å². The summed E-state index contributed by atoms with van der Waals surface area (Å²) in [6, 6.07) is -0.658. The van der Waals surface area contributed by atoms with Crippen molar-refractivity contribution in [1.29, 1.82) is 0 Å². The van der Waals surface area contributed by atoms with Gasteiger partial charge in [-0.05, 0) is 12.8 Å². The van der Waals surface area contributed by atoms with Gasteiger partial charge < -0.3 is 9.64 Å². The van der Waals surface area contributed by atoms with Gasteiger partial charge in [-0.3, -0.25) is 9.59 Å². The third-order valence-electron chi connectivity index (χ3n) is 3.63. The predicted octanol–water partition coefficient (Wildman–Crippen LogP) is 0.662. The SMILES string of the molecule is COC(=O)C1CC(=O)C(=O)N1C1CCCCC1. The van der Waals surface area contributed by atoms with E-state index >= 15 is 0 Å². The molecule has 1 atom stereocenters. The molecule has 0 aromatic heterocycles. The zero-order valence-electron chi connectivity index (χ0n) is 9.98. The van der Waals surface area contributed by atoms with Crippen molar-refractivity contribution in [1.82, 2.24) is 4.90 Å². The number of methoxy groups -OCH3 is 1. The van der Waals surface area contributed by atoms with Gasteiger partial charge in [-0.1, -0.05) is 19.3 Å². The second-order valence-corrected chi connectivity index (χ2v) is 4.67. The molecule has 0 aromatic rings. The maximum Gasteiger partial charge on any atom is 0.329 e. The van der Waals surface area contributed by atoms with Crippen molar-refractivity contribution in [2.24, 2.45) is 0 Å². The molecular formula is C12H17NO4. The van der Waals surface area contributed by atoms with Crippen molar-refractivity contribution < 1.29 is 19.1 Å². The van der Waals surface area contributed by atoms with Crippen molar-refractivity contribution in [3.8, 4) is 0 Å². The minimum Gasteiger partial charge on any atom is -0.467 e. The van der Waals surface area contributed by atoms with Gasteiger partial charge in [0.15, 0.2) is 0 Å². The summed E-state index contributed by atoms with van der Waals surface area (Å²) in [6.07, 6.45) is 5.00. The quantitative estimate of drug-likeness (QED) is 0.524. The number of hydrogen-bond acceptors (Lipinski definition) is 4. The molecule has 1 aliphatic carbocycles. The molecule has 1 amide bonds. The Hall–Kier alpha value is -1.39. The Labute approximate surface area is 100 Å². The van der Waals surface area contributed by atoms with Crippen LogP contribution in [0.4, 0.5) is 0 Å². The van der Waals surface area contributed by atoms with Gasteiger partial charge in [-0.15, -0.1) is 0 Å². The van der Waals surface area contributed by atoms with E-state index < -0.39 is 23.7 Å². The first-order valence-electron chi connectivity index (χ1n) is 6.08.